The van der Waals surface area contributed by atoms with Crippen LogP contribution >= 0.6 is 22.7 Å². The van der Waals surface area contributed by atoms with E-state index < -0.39 is 10.0 Å². The zero-order valence-corrected chi connectivity index (χ0v) is 17.4. The van der Waals surface area contributed by atoms with Gasteiger partial charge >= 0.3 is 0 Å². The Morgan fingerprint density at radius 2 is 1.89 bits per heavy atom. The molecule has 1 N–H and O–H groups in total. The van der Waals surface area contributed by atoms with Gasteiger partial charge in [0.25, 0.3) is 5.91 Å². The fraction of sp³-hybridized carbons (Fsp3) is 0.263. The summed E-state index contributed by atoms with van der Waals surface area (Å²) in [7, 11) is -3.54. The third-order valence-corrected chi connectivity index (χ3v) is 8.29. The maximum Gasteiger partial charge on any atom is 0.275 e. The zero-order chi connectivity index (χ0) is 19.6. The summed E-state index contributed by atoms with van der Waals surface area (Å²) in [6.45, 7) is 1.09. The summed E-state index contributed by atoms with van der Waals surface area (Å²) in [6.07, 6.45) is 2.82. The average Bonchev–Trinajstić information content (AvgIpc) is 3.40. The zero-order valence-electron chi connectivity index (χ0n) is 15.0. The molecule has 0 saturated carbocycles. The molecule has 146 valence electrons. The normalized spacial score (nSPS) is 15.4. The first-order valence-corrected chi connectivity index (χ1v) is 12.1. The molecule has 1 amide bonds. The highest BCUT2D eigenvalue weighted by Gasteiger charge is 2.26. The minimum absolute atomic E-state index is 0.199. The number of carbonyl (C=O) groups excluding carboxylic acids is 1. The van der Waals surface area contributed by atoms with Crippen molar-refractivity contribution >= 4 is 44.3 Å². The molecule has 0 unspecified atom stereocenters. The number of thiophene rings is 1. The third-order valence-electron chi connectivity index (χ3n) is 4.51. The lowest BCUT2D eigenvalue weighted by Gasteiger charge is -2.26. The molecule has 3 heterocycles. The van der Waals surface area contributed by atoms with Gasteiger partial charge in [0, 0.05) is 24.2 Å². The van der Waals surface area contributed by atoms with E-state index in [2.05, 4.69) is 10.3 Å². The number of thiazole rings is 1. The number of hydrogen-bond donors (Lipinski definition) is 1. The Kier molecular flexibility index (Phi) is 5.58. The van der Waals surface area contributed by atoms with Gasteiger partial charge in [-0.1, -0.05) is 18.6 Å². The first kappa shape index (κ1) is 19.3. The Bertz CT molecular complexity index is 1070. The molecule has 0 spiro atoms. The number of amides is 1. The van der Waals surface area contributed by atoms with Crippen molar-refractivity contribution in [2.75, 3.05) is 18.4 Å². The second-order valence-corrected chi connectivity index (χ2v) is 10.2. The van der Waals surface area contributed by atoms with Gasteiger partial charge in [-0.05, 0) is 42.5 Å². The summed E-state index contributed by atoms with van der Waals surface area (Å²) in [6, 6.07) is 10.3. The summed E-state index contributed by atoms with van der Waals surface area (Å²) < 4.78 is 27.2. The molecule has 4 rings (SSSR count). The molecular weight excluding hydrogens is 414 g/mol. The summed E-state index contributed by atoms with van der Waals surface area (Å²) in [5.41, 5.74) is 0.756. The van der Waals surface area contributed by atoms with Gasteiger partial charge in [-0.3, -0.25) is 4.79 Å². The van der Waals surface area contributed by atoms with E-state index in [-0.39, 0.29) is 10.8 Å². The largest absolute Gasteiger partial charge is 0.321 e. The van der Waals surface area contributed by atoms with Crippen molar-refractivity contribution in [1.29, 1.82) is 0 Å². The molecule has 0 atom stereocenters. The Morgan fingerprint density at radius 3 is 2.64 bits per heavy atom. The van der Waals surface area contributed by atoms with Gasteiger partial charge < -0.3 is 5.32 Å². The number of piperidine rings is 1. The first-order valence-electron chi connectivity index (χ1n) is 8.95. The number of carbonyl (C=O) groups is 1. The van der Waals surface area contributed by atoms with E-state index in [0.29, 0.717) is 24.5 Å². The van der Waals surface area contributed by atoms with Crippen molar-refractivity contribution in [2.24, 2.45) is 0 Å². The highest BCUT2D eigenvalue weighted by atomic mass is 32.2. The van der Waals surface area contributed by atoms with E-state index >= 15 is 0 Å². The van der Waals surface area contributed by atoms with E-state index in [0.717, 1.165) is 29.1 Å². The smallest absolute Gasteiger partial charge is 0.275 e. The lowest BCUT2D eigenvalue weighted by molar-refractivity contribution is 0.102. The molecule has 9 heteroatoms. The summed E-state index contributed by atoms with van der Waals surface area (Å²) in [4.78, 5) is 18.1. The number of rotatable bonds is 5. The summed E-state index contributed by atoms with van der Waals surface area (Å²) in [5.74, 6) is -0.355. The lowest BCUT2D eigenvalue weighted by Crippen LogP contribution is -2.35. The second-order valence-electron chi connectivity index (χ2n) is 6.46. The van der Waals surface area contributed by atoms with Gasteiger partial charge in [0.2, 0.25) is 10.0 Å². The van der Waals surface area contributed by atoms with Crippen LogP contribution in [0, 0.1) is 0 Å². The number of sulfonamides is 1. The number of hydrogen-bond acceptors (Lipinski definition) is 6. The second kappa shape index (κ2) is 8.12. The maximum atomic E-state index is 12.8. The van der Waals surface area contributed by atoms with Crippen molar-refractivity contribution in [2.45, 2.75) is 24.2 Å². The van der Waals surface area contributed by atoms with E-state index in [4.69, 9.17) is 0 Å². The van der Waals surface area contributed by atoms with Crippen molar-refractivity contribution < 1.29 is 13.2 Å². The van der Waals surface area contributed by atoms with Crippen LogP contribution in [0.15, 0.2) is 52.1 Å². The number of nitrogens with zero attached hydrogens (tertiary/aromatic N) is 2. The predicted octanol–water partition coefficient (Wildman–Crippen LogP) is 4.30. The molecule has 6 nitrogen and oxygen atoms in total. The fourth-order valence-electron chi connectivity index (χ4n) is 3.08. The van der Waals surface area contributed by atoms with Crippen molar-refractivity contribution in [3.63, 3.8) is 0 Å². The van der Waals surface area contributed by atoms with Crippen LogP contribution in [0.5, 0.6) is 0 Å². The van der Waals surface area contributed by atoms with Crippen LogP contribution < -0.4 is 5.32 Å². The first-order chi connectivity index (χ1) is 13.5. The predicted molar refractivity (Wildman–Crippen MR) is 112 cm³/mol. The Morgan fingerprint density at radius 1 is 1.07 bits per heavy atom. The molecule has 0 radical (unpaired) electrons. The highest BCUT2D eigenvalue weighted by Crippen LogP contribution is 2.28. The molecule has 2 aromatic heterocycles. The van der Waals surface area contributed by atoms with Crippen molar-refractivity contribution in [3.8, 4) is 9.88 Å². The molecule has 1 fully saturated rings. The van der Waals surface area contributed by atoms with Crippen LogP contribution in [0.3, 0.4) is 0 Å². The van der Waals surface area contributed by atoms with Crippen molar-refractivity contribution in [3.05, 3.63) is 52.9 Å². The molecule has 1 aliphatic heterocycles. The molecular formula is C19H19N3O3S3. The number of nitrogens with one attached hydrogen (secondary N) is 1. The topological polar surface area (TPSA) is 79.4 Å². The number of anilines is 1. The van der Waals surface area contributed by atoms with Gasteiger partial charge in [0.05, 0.1) is 9.77 Å². The maximum absolute atomic E-state index is 12.8. The molecule has 1 aromatic carbocycles. The van der Waals surface area contributed by atoms with Crippen molar-refractivity contribution in [1.82, 2.24) is 9.29 Å². The van der Waals surface area contributed by atoms with Gasteiger partial charge in [-0.25, -0.2) is 13.4 Å². The highest BCUT2D eigenvalue weighted by molar-refractivity contribution is 7.89. The van der Waals surface area contributed by atoms with E-state index in [1.165, 1.54) is 21.7 Å². The minimum atomic E-state index is -3.54. The molecule has 0 bridgehead atoms. The third kappa shape index (κ3) is 4.02. The molecule has 0 aliphatic carbocycles. The fourth-order valence-corrected chi connectivity index (χ4v) is 6.25. The van der Waals surface area contributed by atoms with Gasteiger partial charge in [-0.2, -0.15) is 4.31 Å². The van der Waals surface area contributed by atoms with Gasteiger partial charge in [-0.15, -0.1) is 22.7 Å². The SMILES string of the molecule is O=C(Nc1cccc(S(=O)(=O)N2CCCCC2)c1)c1csc(-c2cccs2)n1. The van der Waals surface area contributed by atoms with Crippen LogP contribution in [0.25, 0.3) is 9.88 Å². The summed E-state index contributed by atoms with van der Waals surface area (Å²) >= 11 is 2.98. The molecule has 1 saturated heterocycles. The number of benzene rings is 1. The standard InChI is InChI=1S/C19H19N3O3S3/c23-18(16-13-27-19(21-16)17-8-5-11-26-17)20-14-6-4-7-15(12-14)28(24,25)22-9-2-1-3-10-22/h4-8,11-13H,1-3,9-10H2,(H,20,23). The molecule has 3 aromatic rings. The van der Waals surface area contributed by atoms with Gasteiger partial charge in [0.15, 0.2) is 0 Å². The summed E-state index contributed by atoms with van der Waals surface area (Å²) in [5, 5.41) is 7.22. The van der Waals surface area contributed by atoms with E-state index in [1.54, 1.807) is 34.9 Å². The monoisotopic (exact) mass is 433 g/mol. The average molecular weight is 434 g/mol. The van der Waals surface area contributed by atoms with Crippen LogP contribution in [-0.4, -0.2) is 36.7 Å². The van der Waals surface area contributed by atoms with Gasteiger partial charge in [0.1, 0.15) is 10.7 Å². The van der Waals surface area contributed by atoms with E-state index in [1.807, 2.05) is 17.5 Å². The van der Waals surface area contributed by atoms with Crippen LogP contribution in [-0.2, 0) is 10.0 Å². The Hall–Kier alpha value is -2.07. The number of aromatic nitrogens is 1. The van der Waals surface area contributed by atoms with E-state index in [9.17, 15) is 13.2 Å². The minimum Gasteiger partial charge on any atom is -0.321 e. The Balaban J connectivity index is 1.51. The van der Waals surface area contributed by atoms with Crippen LogP contribution in [0.1, 0.15) is 29.8 Å². The molecule has 28 heavy (non-hydrogen) atoms. The Labute approximate surface area is 171 Å². The van der Waals surface area contributed by atoms with Crippen LogP contribution in [0.2, 0.25) is 0 Å². The quantitative estimate of drug-likeness (QED) is 0.651. The lowest BCUT2D eigenvalue weighted by atomic mass is 10.2. The van der Waals surface area contributed by atoms with Crippen LogP contribution in [0.4, 0.5) is 5.69 Å². The molecule has 1 aliphatic rings.